The number of rotatable bonds is 4. The average molecular weight is 285 g/mol. The number of benzene rings is 1. The van der Waals surface area contributed by atoms with Crippen molar-refractivity contribution in [2.45, 2.75) is 37.5 Å². The third kappa shape index (κ3) is 2.04. The highest BCUT2D eigenvalue weighted by Crippen LogP contribution is 2.47. The first-order chi connectivity index (χ1) is 9.74. The number of carboxylic acids is 1. The van der Waals surface area contributed by atoms with Gasteiger partial charge in [-0.2, -0.15) is 0 Å². The summed E-state index contributed by atoms with van der Waals surface area (Å²) < 4.78 is 0. The van der Waals surface area contributed by atoms with Crippen molar-refractivity contribution in [3.63, 3.8) is 0 Å². The maximum atomic E-state index is 11.4. The molecule has 4 rings (SSSR count). The van der Waals surface area contributed by atoms with Gasteiger partial charge in [0.05, 0.1) is 5.69 Å². The Balaban J connectivity index is 1.82. The number of hydrogen-bond acceptors (Lipinski definition) is 3. The molecule has 0 atom stereocenters. The summed E-state index contributed by atoms with van der Waals surface area (Å²) in [6.07, 6.45) is 4.63. The predicted octanol–water partition coefficient (Wildman–Crippen LogP) is 4.26. The highest BCUT2D eigenvalue weighted by Gasteiger charge is 2.33. The van der Waals surface area contributed by atoms with Crippen LogP contribution in [0, 0.1) is 0 Å². The molecule has 1 aromatic carbocycles. The van der Waals surface area contributed by atoms with Gasteiger partial charge in [-0.1, -0.05) is 24.3 Å². The molecule has 0 saturated heterocycles. The van der Waals surface area contributed by atoms with Crippen molar-refractivity contribution in [3.8, 4) is 10.6 Å². The standard InChI is InChI=1S/C16H15NO2S/c18-16(19)14-13(10-7-8-10)17-15(20-14)12-4-2-1-3-11(12)9-5-6-9/h1-4,9-10H,5-8H2,(H,18,19). The summed E-state index contributed by atoms with van der Waals surface area (Å²) in [5.41, 5.74) is 3.28. The van der Waals surface area contributed by atoms with E-state index >= 15 is 0 Å². The van der Waals surface area contributed by atoms with Gasteiger partial charge in [-0.25, -0.2) is 9.78 Å². The summed E-state index contributed by atoms with van der Waals surface area (Å²) >= 11 is 1.34. The van der Waals surface area contributed by atoms with E-state index in [2.05, 4.69) is 23.2 Å². The van der Waals surface area contributed by atoms with E-state index in [1.807, 2.05) is 6.07 Å². The van der Waals surface area contributed by atoms with Crippen LogP contribution in [0.4, 0.5) is 0 Å². The van der Waals surface area contributed by atoms with E-state index in [-0.39, 0.29) is 0 Å². The third-order valence-corrected chi connectivity index (χ3v) is 5.11. The molecule has 2 aliphatic carbocycles. The Hall–Kier alpha value is -1.68. The SMILES string of the molecule is O=C(O)c1sc(-c2ccccc2C2CC2)nc1C1CC1. The zero-order valence-electron chi connectivity index (χ0n) is 11.0. The average Bonchev–Trinajstić information content (AvgIpc) is 3.36. The number of nitrogens with zero attached hydrogens (tertiary/aromatic N) is 1. The van der Waals surface area contributed by atoms with E-state index in [0.717, 1.165) is 29.1 Å². The van der Waals surface area contributed by atoms with Gasteiger partial charge < -0.3 is 5.11 Å². The summed E-state index contributed by atoms with van der Waals surface area (Å²) in [5, 5.41) is 10.2. The largest absolute Gasteiger partial charge is 0.477 e. The molecule has 2 aliphatic rings. The topological polar surface area (TPSA) is 50.2 Å². The quantitative estimate of drug-likeness (QED) is 0.913. The Morgan fingerprint density at radius 2 is 1.85 bits per heavy atom. The molecular weight excluding hydrogens is 270 g/mol. The molecule has 0 spiro atoms. The molecule has 2 aromatic rings. The van der Waals surface area contributed by atoms with Crippen molar-refractivity contribution < 1.29 is 9.90 Å². The lowest BCUT2D eigenvalue weighted by Gasteiger charge is -2.04. The van der Waals surface area contributed by atoms with E-state index < -0.39 is 5.97 Å². The molecule has 0 bridgehead atoms. The summed E-state index contributed by atoms with van der Waals surface area (Å²) in [6, 6.07) is 8.31. The van der Waals surface area contributed by atoms with Crippen molar-refractivity contribution in [1.29, 1.82) is 0 Å². The Morgan fingerprint density at radius 3 is 2.50 bits per heavy atom. The minimum atomic E-state index is -0.834. The van der Waals surface area contributed by atoms with E-state index in [0.29, 0.717) is 16.7 Å². The molecule has 1 aromatic heterocycles. The molecule has 3 nitrogen and oxygen atoms in total. The maximum absolute atomic E-state index is 11.4. The Bertz CT molecular complexity index is 684. The normalized spacial score (nSPS) is 18.2. The molecule has 0 amide bonds. The fourth-order valence-corrected chi connectivity index (χ4v) is 3.71. The summed E-state index contributed by atoms with van der Waals surface area (Å²) in [7, 11) is 0. The van der Waals surface area contributed by atoms with E-state index in [1.165, 1.54) is 29.7 Å². The summed E-state index contributed by atoms with van der Waals surface area (Å²) in [4.78, 5) is 16.5. The smallest absolute Gasteiger partial charge is 0.347 e. The van der Waals surface area contributed by atoms with Gasteiger partial charge in [0, 0.05) is 11.5 Å². The van der Waals surface area contributed by atoms with Crippen molar-refractivity contribution in [2.24, 2.45) is 0 Å². The number of hydrogen-bond donors (Lipinski definition) is 1. The molecule has 2 saturated carbocycles. The molecule has 0 aliphatic heterocycles. The van der Waals surface area contributed by atoms with Gasteiger partial charge in [-0.05, 0) is 37.2 Å². The Labute approximate surface area is 121 Å². The van der Waals surface area contributed by atoms with Crippen LogP contribution in [0.2, 0.25) is 0 Å². The van der Waals surface area contributed by atoms with Crippen LogP contribution >= 0.6 is 11.3 Å². The van der Waals surface area contributed by atoms with Gasteiger partial charge >= 0.3 is 5.97 Å². The molecule has 2 fully saturated rings. The molecule has 1 heterocycles. The number of aromatic nitrogens is 1. The van der Waals surface area contributed by atoms with Crippen molar-refractivity contribution in [3.05, 3.63) is 40.4 Å². The minimum Gasteiger partial charge on any atom is -0.477 e. The van der Waals surface area contributed by atoms with Crippen LogP contribution in [0.1, 0.15) is 58.4 Å². The zero-order chi connectivity index (χ0) is 13.7. The van der Waals surface area contributed by atoms with Crippen molar-refractivity contribution in [2.75, 3.05) is 0 Å². The van der Waals surface area contributed by atoms with Gasteiger partial charge in [-0.15, -0.1) is 11.3 Å². The van der Waals surface area contributed by atoms with Crippen LogP contribution in [0.25, 0.3) is 10.6 Å². The fraction of sp³-hybridized carbons (Fsp3) is 0.375. The van der Waals surface area contributed by atoms with Gasteiger partial charge in [0.15, 0.2) is 0 Å². The van der Waals surface area contributed by atoms with Crippen LogP contribution in [0.5, 0.6) is 0 Å². The lowest BCUT2D eigenvalue weighted by molar-refractivity contribution is 0.0700. The Kier molecular flexibility index (Phi) is 2.67. The van der Waals surface area contributed by atoms with Gasteiger partial charge in [0.2, 0.25) is 0 Å². The van der Waals surface area contributed by atoms with Gasteiger partial charge in [-0.3, -0.25) is 0 Å². The first-order valence-corrected chi connectivity index (χ1v) is 7.89. The second-order valence-electron chi connectivity index (χ2n) is 5.67. The second-order valence-corrected chi connectivity index (χ2v) is 6.67. The summed E-state index contributed by atoms with van der Waals surface area (Å²) in [5.74, 6) is 0.187. The summed E-state index contributed by atoms with van der Waals surface area (Å²) in [6.45, 7) is 0. The number of carboxylic acid groups (broad SMARTS) is 1. The monoisotopic (exact) mass is 285 g/mol. The highest BCUT2D eigenvalue weighted by molar-refractivity contribution is 7.17. The molecule has 0 radical (unpaired) electrons. The first-order valence-electron chi connectivity index (χ1n) is 7.07. The van der Waals surface area contributed by atoms with E-state index in [1.54, 1.807) is 0 Å². The Morgan fingerprint density at radius 1 is 1.15 bits per heavy atom. The number of thiazole rings is 1. The van der Waals surface area contributed by atoms with E-state index in [9.17, 15) is 9.90 Å². The predicted molar refractivity (Wildman–Crippen MR) is 78.5 cm³/mol. The van der Waals surface area contributed by atoms with Gasteiger partial charge in [0.25, 0.3) is 0 Å². The second kappa shape index (κ2) is 4.42. The first kappa shape index (κ1) is 12.1. The van der Waals surface area contributed by atoms with Crippen LogP contribution in [-0.2, 0) is 0 Å². The van der Waals surface area contributed by atoms with E-state index in [4.69, 9.17) is 0 Å². The van der Waals surface area contributed by atoms with Crippen molar-refractivity contribution >= 4 is 17.3 Å². The molecule has 1 N–H and O–H groups in total. The maximum Gasteiger partial charge on any atom is 0.347 e. The molecule has 20 heavy (non-hydrogen) atoms. The zero-order valence-corrected chi connectivity index (χ0v) is 11.8. The molecule has 102 valence electrons. The third-order valence-electron chi connectivity index (χ3n) is 4.02. The molecular formula is C16H15NO2S. The fourth-order valence-electron chi connectivity index (χ4n) is 2.68. The van der Waals surface area contributed by atoms with Crippen LogP contribution in [-0.4, -0.2) is 16.1 Å². The number of aromatic carboxylic acids is 1. The highest BCUT2D eigenvalue weighted by atomic mass is 32.1. The lowest BCUT2D eigenvalue weighted by atomic mass is 10.0. The van der Waals surface area contributed by atoms with Crippen LogP contribution < -0.4 is 0 Å². The molecule has 4 heteroatoms. The lowest BCUT2D eigenvalue weighted by Crippen LogP contribution is -1.97. The van der Waals surface area contributed by atoms with Gasteiger partial charge in [0.1, 0.15) is 9.88 Å². The number of carbonyl (C=O) groups is 1. The molecule has 0 unspecified atom stereocenters. The van der Waals surface area contributed by atoms with Crippen LogP contribution in [0.3, 0.4) is 0 Å². The van der Waals surface area contributed by atoms with Crippen LogP contribution in [0.15, 0.2) is 24.3 Å². The minimum absolute atomic E-state index is 0.374. The van der Waals surface area contributed by atoms with Crippen molar-refractivity contribution in [1.82, 2.24) is 4.98 Å².